The van der Waals surface area contributed by atoms with Crippen LogP contribution in [0.5, 0.6) is 0 Å². The molecule has 0 aromatic heterocycles. The molecule has 0 fully saturated rings. The molecule has 25 heavy (non-hydrogen) atoms. The first-order valence-electron chi connectivity index (χ1n) is 9.68. The molecule has 3 nitrogen and oxygen atoms in total. The first-order valence-corrected chi connectivity index (χ1v) is 9.68. The second kappa shape index (κ2) is 5.48. The summed E-state index contributed by atoms with van der Waals surface area (Å²) in [6.45, 7) is 3.38. The van der Waals surface area contributed by atoms with Crippen molar-refractivity contribution in [1.29, 1.82) is 0 Å². The third kappa shape index (κ3) is 2.08. The van der Waals surface area contributed by atoms with E-state index in [9.17, 15) is 9.90 Å². The van der Waals surface area contributed by atoms with Crippen molar-refractivity contribution in [2.75, 3.05) is 11.4 Å². The Labute approximate surface area is 149 Å². The summed E-state index contributed by atoms with van der Waals surface area (Å²) in [6, 6.07) is 4.37. The van der Waals surface area contributed by atoms with E-state index in [1.807, 2.05) is 12.1 Å². The van der Waals surface area contributed by atoms with E-state index in [-0.39, 0.29) is 0 Å². The molecular weight excluding hydrogens is 310 g/mol. The first-order chi connectivity index (χ1) is 12.2. The number of fused-ring (bicyclic) bond motifs is 4. The molecule has 0 bridgehead atoms. The number of carboxylic acid groups (broad SMARTS) is 1. The average molecular weight is 334 g/mol. The van der Waals surface area contributed by atoms with Crippen LogP contribution in [0.3, 0.4) is 0 Å². The molecule has 0 saturated heterocycles. The number of carbonyl (C=O) groups excluding carboxylic acids is 1. The van der Waals surface area contributed by atoms with Crippen LogP contribution in [-0.2, 0) is 0 Å². The molecule has 130 valence electrons. The summed E-state index contributed by atoms with van der Waals surface area (Å²) < 4.78 is 0. The van der Waals surface area contributed by atoms with Crippen LogP contribution < -0.4 is 10.0 Å². The van der Waals surface area contributed by atoms with Gasteiger partial charge < -0.3 is 14.8 Å². The summed E-state index contributed by atoms with van der Waals surface area (Å²) in [4.78, 5) is 14.3. The topological polar surface area (TPSA) is 43.4 Å². The fourth-order valence-corrected chi connectivity index (χ4v) is 5.83. The molecule has 2 aliphatic heterocycles. The Hall–Kier alpha value is -2.03. The lowest BCUT2D eigenvalue weighted by Crippen LogP contribution is -2.51. The molecule has 2 heterocycles. The van der Waals surface area contributed by atoms with Crippen molar-refractivity contribution in [3.05, 3.63) is 53.1 Å². The van der Waals surface area contributed by atoms with Crippen molar-refractivity contribution >= 4 is 11.7 Å². The molecular formula is C22H24NO2-. The highest BCUT2D eigenvalue weighted by atomic mass is 16.4. The zero-order valence-corrected chi connectivity index (χ0v) is 14.7. The Bertz CT molecular complexity index is 776. The van der Waals surface area contributed by atoms with E-state index in [0.717, 1.165) is 19.4 Å². The number of rotatable bonds is 3. The van der Waals surface area contributed by atoms with Gasteiger partial charge in [0.2, 0.25) is 0 Å². The largest absolute Gasteiger partial charge is 0.545 e. The fourth-order valence-electron chi connectivity index (χ4n) is 5.83. The second-order valence-electron chi connectivity index (χ2n) is 8.10. The zero-order chi connectivity index (χ0) is 17.1. The Balaban J connectivity index is 1.74. The Kier molecular flexibility index (Phi) is 3.34. The van der Waals surface area contributed by atoms with Crippen molar-refractivity contribution in [2.45, 2.75) is 50.5 Å². The molecule has 1 aromatic carbocycles. The molecule has 0 unspecified atom stereocenters. The van der Waals surface area contributed by atoms with Crippen LogP contribution in [-0.4, -0.2) is 18.6 Å². The van der Waals surface area contributed by atoms with Gasteiger partial charge in [-0.2, -0.15) is 0 Å². The minimum Gasteiger partial charge on any atom is -0.545 e. The van der Waals surface area contributed by atoms with Crippen molar-refractivity contribution in [3.8, 4) is 0 Å². The van der Waals surface area contributed by atoms with E-state index in [4.69, 9.17) is 0 Å². The normalized spacial score (nSPS) is 34.0. The highest BCUT2D eigenvalue weighted by Gasteiger charge is 2.46. The number of carbonyl (C=O) groups is 1. The summed E-state index contributed by atoms with van der Waals surface area (Å²) >= 11 is 0. The molecule has 2 aliphatic carbocycles. The third-order valence-electron chi connectivity index (χ3n) is 6.82. The van der Waals surface area contributed by atoms with Gasteiger partial charge in [0.15, 0.2) is 0 Å². The number of hydrogen-bond acceptors (Lipinski definition) is 3. The molecule has 0 radical (unpaired) electrons. The van der Waals surface area contributed by atoms with Crippen molar-refractivity contribution in [2.24, 2.45) is 11.8 Å². The quantitative estimate of drug-likeness (QED) is 0.796. The van der Waals surface area contributed by atoms with Crippen molar-refractivity contribution < 1.29 is 9.90 Å². The molecule has 4 aliphatic rings. The Morgan fingerprint density at radius 3 is 2.64 bits per heavy atom. The minimum atomic E-state index is -1.05. The molecule has 1 aromatic rings. The second-order valence-corrected chi connectivity index (χ2v) is 8.10. The maximum absolute atomic E-state index is 11.6. The van der Waals surface area contributed by atoms with E-state index in [1.54, 1.807) is 0 Å². The monoisotopic (exact) mass is 334 g/mol. The molecule has 0 spiro atoms. The van der Waals surface area contributed by atoms with Crippen LogP contribution in [0.1, 0.15) is 65.9 Å². The van der Waals surface area contributed by atoms with Gasteiger partial charge in [-0.15, -0.1) is 0 Å². The van der Waals surface area contributed by atoms with Gasteiger partial charge in [-0.25, -0.2) is 0 Å². The molecule has 3 heteroatoms. The average Bonchev–Trinajstić information content (AvgIpc) is 3.26. The Morgan fingerprint density at radius 2 is 1.88 bits per heavy atom. The fraction of sp³-hybridized carbons (Fsp3) is 0.500. The third-order valence-corrected chi connectivity index (χ3v) is 6.82. The predicted octanol–water partition coefficient (Wildman–Crippen LogP) is 3.37. The van der Waals surface area contributed by atoms with Crippen LogP contribution in [0.2, 0.25) is 0 Å². The summed E-state index contributed by atoms with van der Waals surface area (Å²) in [5, 5.41) is 11.6. The summed E-state index contributed by atoms with van der Waals surface area (Å²) in [7, 11) is 0. The van der Waals surface area contributed by atoms with Crippen molar-refractivity contribution in [1.82, 2.24) is 0 Å². The molecule has 0 N–H and O–H groups in total. The number of aromatic carboxylic acids is 1. The smallest absolute Gasteiger partial charge is 0.0715 e. The highest BCUT2D eigenvalue weighted by Crippen LogP contribution is 2.55. The van der Waals surface area contributed by atoms with Crippen molar-refractivity contribution in [3.63, 3.8) is 0 Å². The minimum absolute atomic E-state index is 0.350. The van der Waals surface area contributed by atoms with E-state index in [0.29, 0.717) is 35.3 Å². The van der Waals surface area contributed by atoms with Crippen LogP contribution in [0.25, 0.3) is 0 Å². The predicted molar refractivity (Wildman–Crippen MR) is 96.8 cm³/mol. The molecule has 0 amide bonds. The number of hydrogen-bond donors (Lipinski definition) is 0. The number of benzene rings is 1. The molecule has 5 rings (SSSR count). The van der Waals surface area contributed by atoms with Crippen LogP contribution in [0.15, 0.2) is 36.4 Å². The number of anilines is 1. The number of nitrogens with zero attached hydrogens (tertiary/aromatic N) is 1. The number of carboxylic acids is 1. The first kappa shape index (κ1) is 15.2. The van der Waals surface area contributed by atoms with Crippen LogP contribution >= 0.6 is 0 Å². The standard InChI is InChI=1S/C22H25NO2/c1-2-5-20-17-9-4-8-16(17)19-11-14(22(24)25)10-18-15-7-3-6-13(15)12-23(20)21(18)19/h3-4,7-8,10-11,13,15-17,20H,2,5-6,9,12H2,1H3,(H,24,25)/p-1/t13-,15+,16+,17+,20-/m1/s1. The lowest BCUT2D eigenvalue weighted by molar-refractivity contribution is -0.255. The van der Waals surface area contributed by atoms with Gasteiger partial charge in [0.25, 0.3) is 0 Å². The van der Waals surface area contributed by atoms with E-state index in [1.165, 1.54) is 29.7 Å². The highest BCUT2D eigenvalue weighted by molar-refractivity contribution is 5.88. The molecule has 0 saturated carbocycles. The SMILES string of the molecule is CCC[C@@H]1[C@H]2CC=C[C@@H]2c2cc(C(=O)[O-])cc3c2N1C[C@H]1CC=C[C@H]31. The summed E-state index contributed by atoms with van der Waals surface area (Å²) in [6.07, 6.45) is 13.8. The lowest BCUT2D eigenvalue weighted by atomic mass is 9.71. The maximum Gasteiger partial charge on any atom is 0.0715 e. The summed E-state index contributed by atoms with van der Waals surface area (Å²) in [5.41, 5.74) is 4.13. The van der Waals surface area contributed by atoms with Gasteiger partial charge in [-0.05, 0) is 59.9 Å². The van der Waals surface area contributed by atoms with E-state index >= 15 is 0 Å². The van der Waals surface area contributed by atoms with Gasteiger partial charge >= 0.3 is 0 Å². The Morgan fingerprint density at radius 1 is 1.16 bits per heavy atom. The van der Waals surface area contributed by atoms with E-state index in [2.05, 4.69) is 36.1 Å². The van der Waals surface area contributed by atoms with Gasteiger partial charge in [0.1, 0.15) is 0 Å². The lowest BCUT2D eigenvalue weighted by Gasteiger charge is -2.51. The van der Waals surface area contributed by atoms with Gasteiger partial charge in [0.05, 0.1) is 5.97 Å². The van der Waals surface area contributed by atoms with Gasteiger partial charge in [-0.1, -0.05) is 37.6 Å². The zero-order valence-electron chi connectivity index (χ0n) is 14.7. The summed E-state index contributed by atoms with van der Waals surface area (Å²) in [5.74, 6) is 0.853. The van der Waals surface area contributed by atoms with Crippen LogP contribution in [0, 0.1) is 11.8 Å². The van der Waals surface area contributed by atoms with Crippen LogP contribution in [0.4, 0.5) is 5.69 Å². The van der Waals surface area contributed by atoms with Gasteiger partial charge in [0, 0.05) is 30.1 Å². The van der Waals surface area contributed by atoms with E-state index < -0.39 is 5.97 Å². The molecule has 5 atom stereocenters. The number of allylic oxidation sites excluding steroid dienone is 4. The maximum atomic E-state index is 11.6. The van der Waals surface area contributed by atoms with Gasteiger partial charge in [-0.3, -0.25) is 0 Å².